The molecule has 3 rings (SSSR count). The van der Waals surface area contributed by atoms with E-state index in [4.69, 9.17) is 4.74 Å². The Labute approximate surface area is 150 Å². The van der Waals surface area contributed by atoms with Gasteiger partial charge in [0.2, 0.25) is 0 Å². The molecule has 0 saturated carbocycles. The maximum Gasteiger partial charge on any atom is 0.339 e. The Morgan fingerprint density at radius 1 is 1.04 bits per heavy atom. The summed E-state index contributed by atoms with van der Waals surface area (Å²) in [5.74, 6) is -0.402. The van der Waals surface area contributed by atoms with Gasteiger partial charge in [0, 0.05) is 5.56 Å². The predicted molar refractivity (Wildman–Crippen MR) is 99.1 cm³/mol. The first-order chi connectivity index (χ1) is 11.1. The number of alkyl halides is 2. The Morgan fingerprint density at radius 3 is 2.52 bits per heavy atom. The molecule has 0 unspecified atom stereocenters. The van der Waals surface area contributed by atoms with Crippen molar-refractivity contribution < 1.29 is 9.53 Å². The quantitative estimate of drug-likeness (QED) is 0.404. The summed E-state index contributed by atoms with van der Waals surface area (Å²) in [7, 11) is 1.36. The highest BCUT2D eigenvalue weighted by molar-refractivity contribution is 9.24. The van der Waals surface area contributed by atoms with Gasteiger partial charge in [-0.1, -0.05) is 74.3 Å². The minimum atomic E-state index is -0.402. The number of benzene rings is 2. The van der Waals surface area contributed by atoms with E-state index in [0.717, 1.165) is 22.0 Å². The molecule has 2 aromatic carbocycles. The third-order valence-electron chi connectivity index (χ3n) is 3.60. The maximum absolute atomic E-state index is 11.9. The van der Waals surface area contributed by atoms with Gasteiger partial charge in [0.1, 0.15) is 3.74 Å². The fourth-order valence-corrected chi connectivity index (χ4v) is 3.22. The molecular formula is C18H13Br2NO2. The van der Waals surface area contributed by atoms with Crippen LogP contribution in [0.15, 0.2) is 54.6 Å². The van der Waals surface area contributed by atoms with E-state index in [2.05, 4.69) is 55.0 Å². The van der Waals surface area contributed by atoms with Crippen LogP contribution in [0, 0.1) is 0 Å². The van der Waals surface area contributed by atoms with Crippen LogP contribution in [0.3, 0.4) is 0 Å². The molecule has 0 aliphatic carbocycles. The lowest BCUT2D eigenvalue weighted by molar-refractivity contribution is 0.0599. The Kier molecular flexibility index (Phi) is 4.78. The van der Waals surface area contributed by atoms with Crippen LogP contribution in [0.5, 0.6) is 0 Å². The highest BCUT2D eigenvalue weighted by Crippen LogP contribution is 2.34. The van der Waals surface area contributed by atoms with Gasteiger partial charge in [-0.05, 0) is 22.9 Å². The van der Waals surface area contributed by atoms with Crippen LogP contribution in [-0.2, 0) is 4.74 Å². The number of hydrogen-bond acceptors (Lipinski definition) is 3. The largest absolute Gasteiger partial charge is 0.465 e. The molecule has 0 saturated heterocycles. The predicted octanol–water partition coefficient (Wildman–Crippen LogP) is 5.48. The van der Waals surface area contributed by atoms with E-state index in [-0.39, 0.29) is 3.74 Å². The van der Waals surface area contributed by atoms with E-state index >= 15 is 0 Å². The fraction of sp³-hybridized carbons (Fsp3) is 0.111. The first kappa shape index (κ1) is 16.1. The molecule has 0 N–H and O–H groups in total. The zero-order valence-corrected chi connectivity index (χ0v) is 15.5. The van der Waals surface area contributed by atoms with Crippen LogP contribution in [0.4, 0.5) is 0 Å². The zero-order chi connectivity index (χ0) is 16.4. The Balaban J connectivity index is 2.20. The smallest absolute Gasteiger partial charge is 0.339 e. The molecule has 5 heteroatoms. The van der Waals surface area contributed by atoms with Crippen molar-refractivity contribution >= 4 is 48.6 Å². The number of nitrogens with zero attached hydrogens (tertiary/aromatic N) is 1. The molecule has 0 fully saturated rings. The second-order valence-electron chi connectivity index (χ2n) is 4.95. The Hall–Kier alpha value is -1.72. The summed E-state index contributed by atoms with van der Waals surface area (Å²) in [4.78, 5) is 16.6. The number of esters is 1. The minimum Gasteiger partial charge on any atom is -0.465 e. The number of methoxy groups -OCH3 is 1. The molecule has 3 aromatic rings. The molecule has 1 aromatic heterocycles. The van der Waals surface area contributed by atoms with Crippen molar-refractivity contribution in [2.45, 2.75) is 3.74 Å². The van der Waals surface area contributed by atoms with E-state index in [1.165, 1.54) is 7.11 Å². The lowest BCUT2D eigenvalue weighted by atomic mass is 10.0. The van der Waals surface area contributed by atoms with Crippen molar-refractivity contribution in [3.8, 4) is 11.3 Å². The molecule has 23 heavy (non-hydrogen) atoms. The van der Waals surface area contributed by atoms with E-state index < -0.39 is 5.97 Å². The normalized spacial score (nSPS) is 11.0. The topological polar surface area (TPSA) is 39.2 Å². The highest BCUT2D eigenvalue weighted by Gasteiger charge is 2.19. The van der Waals surface area contributed by atoms with Crippen LogP contribution in [-0.4, -0.2) is 18.1 Å². The molecule has 0 bridgehead atoms. The summed E-state index contributed by atoms with van der Waals surface area (Å²) in [5.41, 5.74) is 2.88. The average molecular weight is 435 g/mol. The van der Waals surface area contributed by atoms with Crippen molar-refractivity contribution in [2.75, 3.05) is 7.11 Å². The number of pyridine rings is 1. The molecule has 116 valence electrons. The molecule has 0 amide bonds. The second-order valence-corrected chi connectivity index (χ2v) is 8.01. The highest BCUT2D eigenvalue weighted by atomic mass is 79.9. The van der Waals surface area contributed by atoms with Crippen LogP contribution >= 0.6 is 31.9 Å². The third-order valence-corrected chi connectivity index (χ3v) is 4.47. The molecular weight excluding hydrogens is 422 g/mol. The van der Waals surface area contributed by atoms with E-state index in [1.54, 1.807) is 6.07 Å². The van der Waals surface area contributed by atoms with Gasteiger partial charge in [-0.3, -0.25) is 0 Å². The third kappa shape index (κ3) is 3.16. The van der Waals surface area contributed by atoms with Crippen LogP contribution in [0.1, 0.15) is 19.8 Å². The molecule has 0 aliphatic rings. The molecule has 0 radical (unpaired) electrons. The number of carbonyl (C=O) groups is 1. The number of halogens is 2. The van der Waals surface area contributed by atoms with Crippen molar-refractivity contribution in [3.63, 3.8) is 0 Å². The molecule has 0 atom stereocenters. The zero-order valence-electron chi connectivity index (χ0n) is 12.3. The van der Waals surface area contributed by atoms with Crippen molar-refractivity contribution in [1.82, 2.24) is 4.98 Å². The first-order valence-corrected chi connectivity index (χ1v) is 8.80. The van der Waals surface area contributed by atoms with Gasteiger partial charge < -0.3 is 4.74 Å². The Bertz CT molecular complexity index is 873. The lowest BCUT2D eigenvalue weighted by Gasteiger charge is -2.12. The minimum absolute atomic E-state index is 0.237. The van der Waals surface area contributed by atoms with Gasteiger partial charge in [0.25, 0.3) is 0 Å². The van der Waals surface area contributed by atoms with Gasteiger partial charge in [0.15, 0.2) is 0 Å². The van der Waals surface area contributed by atoms with Gasteiger partial charge >= 0.3 is 5.97 Å². The summed E-state index contributed by atoms with van der Waals surface area (Å²) in [6, 6.07) is 17.9. The summed E-state index contributed by atoms with van der Waals surface area (Å²) in [6.07, 6.45) is 0. The van der Waals surface area contributed by atoms with Crippen molar-refractivity contribution in [3.05, 3.63) is 65.9 Å². The van der Waals surface area contributed by atoms with E-state index in [9.17, 15) is 4.79 Å². The fourth-order valence-electron chi connectivity index (χ4n) is 2.52. The van der Waals surface area contributed by atoms with Gasteiger partial charge in [-0.25, -0.2) is 9.78 Å². The summed E-state index contributed by atoms with van der Waals surface area (Å²) < 4.78 is 4.59. The molecule has 0 aliphatic heterocycles. The summed E-state index contributed by atoms with van der Waals surface area (Å²) in [5, 5.41) is 2.28. The number of aromatic nitrogens is 1. The molecule has 0 spiro atoms. The van der Waals surface area contributed by atoms with Gasteiger partial charge in [-0.15, -0.1) is 0 Å². The molecule has 3 nitrogen and oxygen atoms in total. The number of fused-ring (bicyclic) bond motifs is 1. The number of carbonyl (C=O) groups excluding carboxylic acids is 1. The van der Waals surface area contributed by atoms with Gasteiger partial charge in [-0.2, -0.15) is 0 Å². The standard InChI is InChI=1S/C18H13Br2NO2/c1-23-18(22)14-9-10-15(21-16(14)17(19)20)13-8-4-6-11-5-2-3-7-12(11)13/h2-10,17H,1H3. The second kappa shape index (κ2) is 6.81. The average Bonchev–Trinajstić information content (AvgIpc) is 2.60. The van der Waals surface area contributed by atoms with Crippen LogP contribution in [0.25, 0.3) is 22.0 Å². The van der Waals surface area contributed by atoms with E-state index in [0.29, 0.717) is 11.3 Å². The summed E-state index contributed by atoms with van der Waals surface area (Å²) in [6.45, 7) is 0. The Morgan fingerprint density at radius 2 is 1.78 bits per heavy atom. The monoisotopic (exact) mass is 433 g/mol. The van der Waals surface area contributed by atoms with Crippen molar-refractivity contribution in [1.29, 1.82) is 0 Å². The number of rotatable bonds is 3. The maximum atomic E-state index is 11.9. The SMILES string of the molecule is COC(=O)c1ccc(-c2cccc3ccccc23)nc1C(Br)Br. The first-order valence-electron chi connectivity index (χ1n) is 6.97. The van der Waals surface area contributed by atoms with Crippen molar-refractivity contribution in [2.24, 2.45) is 0 Å². The lowest BCUT2D eigenvalue weighted by Crippen LogP contribution is -2.08. The number of hydrogen-bond donors (Lipinski definition) is 0. The van der Waals surface area contributed by atoms with E-state index in [1.807, 2.05) is 30.3 Å². The summed E-state index contributed by atoms with van der Waals surface area (Å²) >= 11 is 6.87. The number of ether oxygens (including phenoxy) is 1. The molecule has 1 heterocycles. The van der Waals surface area contributed by atoms with Crippen LogP contribution in [0.2, 0.25) is 0 Å². The van der Waals surface area contributed by atoms with Gasteiger partial charge in [0.05, 0.1) is 24.1 Å². The van der Waals surface area contributed by atoms with Crippen LogP contribution < -0.4 is 0 Å².